The van der Waals surface area contributed by atoms with Crippen molar-refractivity contribution in [3.63, 3.8) is 0 Å². The Morgan fingerprint density at radius 3 is 2.39 bits per heavy atom. The van der Waals surface area contributed by atoms with Gasteiger partial charge >= 0.3 is 6.18 Å². The van der Waals surface area contributed by atoms with Crippen molar-refractivity contribution < 1.29 is 23.1 Å². The third-order valence-electron chi connectivity index (χ3n) is 5.00. The number of rotatable bonds is 7. The fourth-order valence-electron chi connectivity index (χ4n) is 3.40. The van der Waals surface area contributed by atoms with E-state index < -0.39 is 11.7 Å². The number of carbonyl (C=O) groups excluding carboxylic acids is 1. The third kappa shape index (κ3) is 5.87. The molecule has 0 heterocycles. The second-order valence-corrected chi connectivity index (χ2v) is 7.42. The molecule has 3 rings (SSSR count). The van der Waals surface area contributed by atoms with E-state index in [1.54, 1.807) is 12.1 Å². The summed E-state index contributed by atoms with van der Waals surface area (Å²) in [5.74, 6) is -0.291. The molecule has 0 unspecified atom stereocenters. The minimum atomic E-state index is -4.56. The molecule has 0 radical (unpaired) electrons. The molecule has 0 bridgehead atoms. The van der Waals surface area contributed by atoms with E-state index in [0.717, 1.165) is 18.1 Å². The normalized spacial score (nSPS) is 11.4. The molecule has 0 aliphatic heterocycles. The third-order valence-corrected chi connectivity index (χ3v) is 5.00. The van der Waals surface area contributed by atoms with E-state index in [4.69, 9.17) is 0 Å². The van der Waals surface area contributed by atoms with Gasteiger partial charge in [0, 0.05) is 17.7 Å². The van der Waals surface area contributed by atoms with Crippen molar-refractivity contribution in [2.24, 2.45) is 0 Å². The lowest BCUT2D eigenvalue weighted by atomic mass is 9.96. The van der Waals surface area contributed by atoms with Gasteiger partial charge in [-0.15, -0.1) is 0 Å². The van der Waals surface area contributed by atoms with Crippen LogP contribution in [-0.2, 0) is 17.4 Å². The van der Waals surface area contributed by atoms with E-state index in [9.17, 15) is 23.1 Å². The van der Waals surface area contributed by atoms with Crippen molar-refractivity contribution in [3.8, 4) is 16.9 Å². The Hall–Kier alpha value is -3.28. The molecule has 0 fully saturated rings. The van der Waals surface area contributed by atoms with E-state index in [-0.39, 0.29) is 35.7 Å². The van der Waals surface area contributed by atoms with E-state index in [1.165, 1.54) is 18.2 Å². The van der Waals surface area contributed by atoms with Gasteiger partial charge in [-0.05, 0) is 47.7 Å². The molecule has 0 aliphatic rings. The van der Waals surface area contributed by atoms with Crippen molar-refractivity contribution in [1.82, 2.24) is 0 Å². The van der Waals surface area contributed by atoms with E-state index in [2.05, 4.69) is 5.32 Å². The Labute approximate surface area is 179 Å². The molecule has 3 nitrogen and oxygen atoms in total. The lowest BCUT2D eigenvalue weighted by molar-refractivity contribution is -0.138. The Kier molecular flexibility index (Phi) is 7.00. The molecular weight excluding hydrogens is 403 g/mol. The fourth-order valence-corrected chi connectivity index (χ4v) is 3.40. The second-order valence-electron chi connectivity index (χ2n) is 7.42. The van der Waals surface area contributed by atoms with Crippen molar-refractivity contribution >= 4 is 11.6 Å². The molecule has 3 aromatic carbocycles. The molecule has 2 N–H and O–H groups in total. The van der Waals surface area contributed by atoms with Crippen molar-refractivity contribution in [2.45, 2.75) is 38.8 Å². The highest BCUT2D eigenvalue weighted by Crippen LogP contribution is 2.36. The molecule has 1 amide bonds. The van der Waals surface area contributed by atoms with E-state index in [0.29, 0.717) is 17.5 Å². The molecular formula is C25H24F3NO2. The highest BCUT2D eigenvalue weighted by molar-refractivity contribution is 5.90. The zero-order chi connectivity index (χ0) is 22.4. The summed E-state index contributed by atoms with van der Waals surface area (Å²) in [5.41, 5.74) is 1.40. The van der Waals surface area contributed by atoms with Gasteiger partial charge in [0.2, 0.25) is 5.91 Å². The molecule has 162 valence electrons. The maximum atomic E-state index is 13.7. The summed E-state index contributed by atoms with van der Waals surface area (Å²) >= 11 is 0. The molecule has 3 aromatic rings. The van der Waals surface area contributed by atoms with Crippen LogP contribution in [0.25, 0.3) is 11.1 Å². The molecule has 0 spiro atoms. The van der Waals surface area contributed by atoms with Crippen molar-refractivity contribution in [2.75, 3.05) is 5.32 Å². The number of hydrogen-bond acceptors (Lipinski definition) is 2. The van der Waals surface area contributed by atoms with Gasteiger partial charge in [-0.25, -0.2) is 0 Å². The molecule has 0 aliphatic carbocycles. The highest BCUT2D eigenvalue weighted by Gasteiger charge is 2.33. The smallest absolute Gasteiger partial charge is 0.416 e. The van der Waals surface area contributed by atoms with Crippen LogP contribution in [-0.4, -0.2) is 11.0 Å². The first-order chi connectivity index (χ1) is 14.8. The van der Waals surface area contributed by atoms with Crippen LogP contribution in [0.2, 0.25) is 0 Å². The summed E-state index contributed by atoms with van der Waals surface area (Å²) in [6, 6.07) is 18.0. The standard InChI is InChI=1S/C25H24F3NO2/c1-2-3-9-24(31)29-20-12-11-19(22(16-20)25(26,27)28)14-17-10-13-21(23(30)15-17)18-7-5-4-6-8-18/h4-8,10-13,15-16,30H,2-3,9,14H2,1H3,(H,29,31). The largest absolute Gasteiger partial charge is 0.507 e. The Bertz CT molecular complexity index is 1050. The van der Waals surface area contributed by atoms with Crippen molar-refractivity contribution in [1.29, 1.82) is 0 Å². The van der Waals surface area contributed by atoms with Crippen LogP contribution in [0.15, 0.2) is 66.7 Å². The molecule has 31 heavy (non-hydrogen) atoms. The summed E-state index contributed by atoms with van der Waals surface area (Å²) in [7, 11) is 0. The summed E-state index contributed by atoms with van der Waals surface area (Å²) in [6.07, 6.45) is -2.78. The minimum absolute atomic E-state index is 0.00152. The number of anilines is 1. The maximum Gasteiger partial charge on any atom is 0.416 e. The predicted octanol–water partition coefficient (Wildman–Crippen LogP) is 6.80. The van der Waals surface area contributed by atoms with Crippen LogP contribution >= 0.6 is 0 Å². The zero-order valence-corrected chi connectivity index (χ0v) is 17.2. The average Bonchev–Trinajstić information content (AvgIpc) is 2.73. The number of carbonyl (C=O) groups is 1. The maximum absolute atomic E-state index is 13.7. The van der Waals surface area contributed by atoms with Crippen LogP contribution in [0.5, 0.6) is 5.75 Å². The molecule has 0 aromatic heterocycles. The van der Waals surface area contributed by atoms with Gasteiger partial charge in [-0.2, -0.15) is 13.2 Å². The first-order valence-electron chi connectivity index (χ1n) is 10.1. The average molecular weight is 427 g/mol. The Morgan fingerprint density at radius 2 is 1.74 bits per heavy atom. The summed E-state index contributed by atoms with van der Waals surface area (Å²) in [4.78, 5) is 11.9. The van der Waals surface area contributed by atoms with Gasteiger partial charge in [0.15, 0.2) is 0 Å². The number of unbranched alkanes of at least 4 members (excludes halogenated alkanes) is 1. The topological polar surface area (TPSA) is 49.3 Å². The lowest BCUT2D eigenvalue weighted by Crippen LogP contribution is -2.14. The zero-order valence-electron chi connectivity index (χ0n) is 17.2. The minimum Gasteiger partial charge on any atom is -0.507 e. The number of amides is 1. The van der Waals surface area contributed by atoms with Gasteiger partial charge in [0.05, 0.1) is 5.56 Å². The Morgan fingerprint density at radius 1 is 1.00 bits per heavy atom. The van der Waals surface area contributed by atoms with Crippen LogP contribution in [0, 0.1) is 0 Å². The number of phenols is 1. The highest BCUT2D eigenvalue weighted by atomic mass is 19.4. The monoisotopic (exact) mass is 427 g/mol. The summed E-state index contributed by atoms with van der Waals surface area (Å²) in [5, 5.41) is 12.9. The van der Waals surface area contributed by atoms with Gasteiger partial charge in [-0.1, -0.05) is 61.9 Å². The quantitative estimate of drug-likeness (QED) is 0.436. The van der Waals surface area contributed by atoms with Gasteiger partial charge in [-0.3, -0.25) is 4.79 Å². The number of alkyl halides is 3. The number of hydrogen-bond donors (Lipinski definition) is 2. The van der Waals surface area contributed by atoms with Crippen LogP contribution in [0.3, 0.4) is 0 Å². The van der Waals surface area contributed by atoms with Gasteiger partial charge in [0.1, 0.15) is 5.75 Å². The number of halogens is 3. The second kappa shape index (κ2) is 9.69. The van der Waals surface area contributed by atoms with Crippen LogP contribution < -0.4 is 5.32 Å². The lowest BCUT2D eigenvalue weighted by Gasteiger charge is -2.16. The SMILES string of the molecule is CCCCC(=O)Nc1ccc(Cc2ccc(-c3ccccc3)c(O)c2)c(C(F)(F)F)c1. The molecule has 0 atom stereocenters. The van der Waals surface area contributed by atoms with Crippen molar-refractivity contribution in [3.05, 3.63) is 83.4 Å². The first-order valence-corrected chi connectivity index (χ1v) is 10.1. The van der Waals surface area contributed by atoms with Gasteiger partial charge < -0.3 is 10.4 Å². The van der Waals surface area contributed by atoms with E-state index in [1.807, 2.05) is 37.3 Å². The molecule has 0 saturated carbocycles. The summed E-state index contributed by atoms with van der Waals surface area (Å²) in [6.45, 7) is 1.94. The molecule has 0 saturated heterocycles. The summed E-state index contributed by atoms with van der Waals surface area (Å²) < 4.78 is 41.0. The number of benzene rings is 3. The number of phenolic OH excluding ortho intramolecular Hbond substituents is 1. The Balaban J connectivity index is 1.85. The predicted molar refractivity (Wildman–Crippen MR) is 116 cm³/mol. The fraction of sp³-hybridized carbons (Fsp3) is 0.240. The van der Waals surface area contributed by atoms with Crippen LogP contribution in [0.1, 0.15) is 42.9 Å². The first kappa shape index (κ1) is 22.4. The molecule has 6 heteroatoms. The number of nitrogens with one attached hydrogen (secondary N) is 1. The van der Waals surface area contributed by atoms with Crippen LogP contribution in [0.4, 0.5) is 18.9 Å². The van der Waals surface area contributed by atoms with Gasteiger partial charge in [0.25, 0.3) is 0 Å². The van der Waals surface area contributed by atoms with E-state index >= 15 is 0 Å². The number of aromatic hydroxyl groups is 1.